The Kier molecular flexibility index (Phi) is 5.79. The number of benzene rings is 1. The summed E-state index contributed by atoms with van der Waals surface area (Å²) < 4.78 is 0. The van der Waals surface area contributed by atoms with Gasteiger partial charge in [-0.05, 0) is 26.5 Å². The first-order valence-corrected chi connectivity index (χ1v) is 6.80. The van der Waals surface area contributed by atoms with Crippen molar-refractivity contribution in [2.45, 2.75) is 26.9 Å². The Morgan fingerprint density at radius 2 is 1.79 bits per heavy atom. The number of rotatable bonds is 4. The molecule has 104 valence electrons. The molecule has 5 heteroatoms. The predicted molar refractivity (Wildman–Crippen MR) is 84.9 cm³/mol. The van der Waals surface area contributed by atoms with E-state index in [0.717, 1.165) is 13.1 Å². The third-order valence-electron chi connectivity index (χ3n) is 2.73. The second kappa shape index (κ2) is 6.89. The van der Waals surface area contributed by atoms with Crippen LogP contribution in [0.15, 0.2) is 24.4 Å². The topological polar surface area (TPSA) is 42.2 Å². The summed E-state index contributed by atoms with van der Waals surface area (Å²) in [6.07, 6.45) is 1.86. The molecule has 0 radical (unpaired) electrons. The Labute approximate surface area is 124 Å². The van der Waals surface area contributed by atoms with Gasteiger partial charge in [0.1, 0.15) is 0 Å². The van der Waals surface area contributed by atoms with Crippen molar-refractivity contribution in [3.05, 3.63) is 46.0 Å². The van der Waals surface area contributed by atoms with Gasteiger partial charge in [0.05, 0.1) is 0 Å². The Morgan fingerprint density at radius 1 is 1.16 bits per heavy atom. The van der Waals surface area contributed by atoms with Gasteiger partial charge in [0.2, 0.25) is 0 Å². The first kappa shape index (κ1) is 16.0. The van der Waals surface area contributed by atoms with Crippen LogP contribution in [0.3, 0.4) is 0 Å². The van der Waals surface area contributed by atoms with Crippen LogP contribution >= 0.6 is 23.7 Å². The fourth-order valence-corrected chi connectivity index (χ4v) is 2.95. The number of hydrogen-bond acceptors (Lipinski definition) is 4. The Hall–Kier alpha value is -1.10. The van der Waals surface area contributed by atoms with Gasteiger partial charge in [0, 0.05) is 24.2 Å². The lowest BCUT2D eigenvalue weighted by molar-refractivity contribution is 0.321. The number of anilines is 1. The van der Waals surface area contributed by atoms with Crippen LogP contribution in [0, 0.1) is 13.8 Å². The highest BCUT2D eigenvalue weighted by Gasteiger charge is 2.05. The van der Waals surface area contributed by atoms with E-state index in [1.165, 1.54) is 21.6 Å². The van der Waals surface area contributed by atoms with Gasteiger partial charge in [-0.2, -0.15) is 0 Å². The summed E-state index contributed by atoms with van der Waals surface area (Å²) in [7, 11) is 2.12. The van der Waals surface area contributed by atoms with Gasteiger partial charge < -0.3 is 5.73 Å². The first-order valence-electron chi connectivity index (χ1n) is 5.99. The van der Waals surface area contributed by atoms with Crippen molar-refractivity contribution >= 4 is 28.9 Å². The zero-order valence-corrected chi connectivity index (χ0v) is 13.1. The Balaban J connectivity index is 0.00000180. The van der Waals surface area contributed by atoms with Gasteiger partial charge in [0.25, 0.3) is 0 Å². The third-order valence-corrected chi connectivity index (χ3v) is 3.54. The highest BCUT2D eigenvalue weighted by atomic mass is 35.5. The van der Waals surface area contributed by atoms with Crippen LogP contribution in [0.5, 0.6) is 0 Å². The maximum Gasteiger partial charge on any atom is 0.180 e. The van der Waals surface area contributed by atoms with Crippen molar-refractivity contribution in [1.82, 2.24) is 9.88 Å². The Bertz CT molecular complexity index is 519. The van der Waals surface area contributed by atoms with E-state index in [1.807, 2.05) is 6.20 Å². The zero-order valence-electron chi connectivity index (χ0n) is 11.5. The molecule has 19 heavy (non-hydrogen) atoms. The van der Waals surface area contributed by atoms with Gasteiger partial charge >= 0.3 is 0 Å². The van der Waals surface area contributed by atoms with E-state index >= 15 is 0 Å². The number of halogens is 1. The largest absolute Gasteiger partial charge is 0.375 e. The fourth-order valence-electron chi connectivity index (χ4n) is 2.19. The molecule has 2 rings (SSSR count). The molecular formula is C14H20ClN3S. The van der Waals surface area contributed by atoms with E-state index in [0.29, 0.717) is 5.13 Å². The highest BCUT2D eigenvalue weighted by Crippen LogP contribution is 2.17. The lowest BCUT2D eigenvalue weighted by atomic mass is 10.1. The molecule has 2 aromatic rings. The van der Waals surface area contributed by atoms with Crippen molar-refractivity contribution in [2.75, 3.05) is 12.8 Å². The van der Waals surface area contributed by atoms with Gasteiger partial charge in [-0.3, -0.25) is 4.90 Å². The number of nitrogens with two attached hydrogens (primary N) is 1. The molecule has 1 heterocycles. The average Bonchev–Trinajstić information content (AvgIpc) is 2.61. The first-order chi connectivity index (χ1) is 8.52. The average molecular weight is 298 g/mol. The molecule has 0 aliphatic rings. The summed E-state index contributed by atoms with van der Waals surface area (Å²) in [4.78, 5) is 7.56. The zero-order chi connectivity index (χ0) is 13.1. The molecule has 0 aliphatic heterocycles. The molecule has 0 saturated carbocycles. The summed E-state index contributed by atoms with van der Waals surface area (Å²) in [5.74, 6) is 0. The summed E-state index contributed by atoms with van der Waals surface area (Å²) in [6, 6.07) is 6.68. The minimum Gasteiger partial charge on any atom is -0.375 e. The molecule has 0 unspecified atom stereocenters. The molecule has 2 N–H and O–H groups in total. The monoisotopic (exact) mass is 297 g/mol. The van der Waals surface area contributed by atoms with Crippen LogP contribution < -0.4 is 5.73 Å². The second-order valence-electron chi connectivity index (χ2n) is 4.83. The number of nitrogen functional groups attached to an aromatic ring is 1. The number of aryl methyl sites for hydroxylation is 2. The smallest absolute Gasteiger partial charge is 0.180 e. The van der Waals surface area contributed by atoms with Gasteiger partial charge in [-0.1, -0.05) is 29.3 Å². The molecule has 0 bridgehead atoms. The quantitative estimate of drug-likeness (QED) is 0.940. The minimum atomic E-state index is 0. The van der Waals surface area contributed by atoms with Crippen molar-refractivity contribution in [2.24, 2.45) is 0 Å². The summed E-state index contributed by atoms with van der Waals surface area (Å²) >= 11 is 1.56. The third kappa shape index (κ3) is 4.82. The van der Waals surface area contributed by atoms with Crippen LogP contribution in [-0.2, 0) is 13.1 Å². The van der Waals surface area contributed by atoms with Crippen LogP contribution in [0.25, 0.3) is 0 Å². The molecule has 1 aromatic carbocycles. The number of aromatic nitrogens is 1. The SMILES string of the molecule is Cc1cc(C)cc(CN(C)Cc2cnc(N)s2)c1.Cl. The number of nitrogens with zero attached hydrogens (tertiary/aromatic N) is 2. The lowest BCUT2D eigenvalue weighted by Gasteiger charge is -2.16. The van der Waals surface area contributed by atoms with Gasteiger partial charge in [-0.25, -0.2) is 4.98 Å². The van der Waals surface area contributed by atoms with Gasteiger partial charge in [0.15, 0.2) is 5.13 Å². The van der Waals surface area contributed by atoms with Crippen LogP contribution in [0.1, 0.15) is 21.6 Å². The maximum absolute atomic E-state index is 5.64. The predicted octanol–water partition coefficient (Wildman–Crippen LogP) is 3.40. The molecule has 0 saturated heterocycles. The minimum absolute atomic E-state index is 0. The summed E-state index contributed by atoms with van der Waals surface area (Å²) in [5.41, 5.74) is 9.63. The molecular weight excluding hydrogens is 278 g/mol. The molecule has 0 fully saturated rings. The van der Waals surface area contributed by atoms with Crippen LogP contribution in [0.4, 0.5) is 5.13 Å². The van der Waals surface area contributed by atoms with E-state index in [-0.39, 0.29) is 12.4 Å². The summed E-state index contributed by atoms with van der Waals surface area (Å²) in [6.45, 7) is 6.11. The lowest BCUT2D eigenvalue weighted by Crippen LogP contribution is -2.16. The van der Waals surface area contributed by atoms with Crippen molar-refractivity contribution in [3.8, 4) is 0 Å². The van der Waals surface area contributed by atoms with E-state index in [9.17, 15) is 0 Å². The molecule has 0 spiro atoms. The summed E-state index contributed by atoms with van der Waals surface area (Å²) in [5, 5.41) is 0.643. The van der Waals surface area contributed by atoms with E-state index in [2.05, 4.69) is 49.0 Å². The highest BCUT2D eigenvalue weighted by molar-refractivity contribution is 7.15. The molecule has 0 aliphatic carbocycles. The van der Waals surface area contributed by atoms with Crippen molar-refractivity contribution < 1.29 is 0 Å². The van der Waals surface area contributed by atoms with Crippen LogP contribution in [-0.4, -0.2) is 16.9 Å². The molecule has 3 nitrogen and oxygen atoms in total. The maximum atomic E-state index is 5.64. The number of hydrogen-bond donors (Lipinski definition) is 1. The normalized spacial score (nSPS) is 10.5. The van der Waals surface area contributed by atoms with Crippen molar-refractivity contribution in [1.29, 1.82) is 0 Å². The Morgan fingerprint density at radius 3 is 2.32 bits per heavy atom. The molecule has 0 amide bonds. The van der Waals surface area contributed by atoms with Crippen LogP contribution in [0.2, 0.25) is 0 Å². The standard InChI is InChI=1S/C14H19N3S.ClH/c1-10-4-11(2)6-12(5-10)8-17(3)9-13-7-16-14(15)18-13;/h4-7H,8-9H2,1-3H3,(H2,15,16);1H. The molecule has 1 aromatic heterocycles. The van der Waals surface area contributed by atoms with E-state index in [4.69, 9.17) is 5.73 Å². The number of thiazole rings is 1. The van der Waals surface area contributed by atoms with E-state index in [1.54, 1.807) is 11.3 Å². The molecule has 0 atom stereocenters. The van der Waals surface area contributed by atoms with Crippen molar-refractivity contribution in [3.63, 3.8) is 0 Å². The van der Waals surface area contributed by atoms with E-state index < -0.39 is 0 Å². The van der Waals surface area contributed by atoms with Gasteiger partial charge in [-0.15, -0.1) is 23.7 Å². The fraction of sp³-hybridized carbons (Fsp3) is 0.357. The second-order valence-corrected chi connectivity index (χ2v) is 5.98.